The van der Waals surface area contributed by atoms with Crippen LogP contribution >= 0.6 is 0 Å². The minimum absolute atomic E-state index is 0.288. The molecule has 7 nitrogen and oxygen atoms in total. The lowest BCUT2D eigenvalue weighted by molar-refractivity contribution is -0.142. The highest BCUT2D eigenvalue weighted by molar-refractivity contribution is 5.99. The van der Waals surface area contributed by atoms with Crippen molar-refractivity contribution in [1.82, 2.24) is 15.2 Å². The van der Waals surface area contributed by atoms with Crippen molar-refractivity contribution in [3.8, 4) is 0 Å². The van der Waals surface area contributed by atoms with Crippen LogP contribution in [0.15, 0.2) is 18.5 Å². The van der Waals surface area contributed by atoms with Gasteiger partial charge >= 0.3 is 5.97 Å². The largest absolute Gasteiger partial charge is 0.481 e. The highest BCUT2D eigenvalue weighted by Gasteiger charge is 2.35. The number of nitrogens with one attached hydrogen (secondary N) is 1. The lowest BCUT2D eigenvalue weighted by atomic mass is 10.1. The number of hydrogen-bond acceptors (Lipinski definition) is 4. The zero-order valence-electron chi connectivity index (χ0n) is 11.0. The van der Waals surface area contributed by atoms with Crippen molar-refractivity contribution in [2.24, 2.45) is 0 Å². The molecule has 1 aromatic rings. The van der Waals surface area contributed by atoms with Gasteiger partial charge < -0.3 is 15.3 Å². The van der Waals surface area contributed by atoms with Crippen molar-refractivity contribution in [1.29, 1.82) is 0 Å². The van der Waals surface area contributed by atoms with Gasteiger partial charge in [-0.2, -0.15) is 0 Å². The first-order valence-electron chi connectivity index (χ1n) is 6.21. The van der Waals surface area contributed by atoms with E-state index in [4.69, 9.17) is 5.11 Å². The summed E-state index contributed by atoms with van der Waals surface area (Å²) < 4.78 is 0. The molecule has 1 unspecified atom stereocenters. The number of pyridine rings is 1. The summed E-state index contributed by atoms with van der Waals surface area (Å²) in [5, 5.41) is 11.4. The number of carboxylic acid groups (broad SMARTS) is 1. The van der Waals surface area contributed by atoms with Crippen molar-refractivity contribution in [2.45, 2.75) is 19.4 Å². The molecule has 1 saturated heterocycles. The molecule has 7 heteroatoms. The first-order chi connectivity index (χ1) is 9.49. The van der Waals surface area contributed by atoms with Crippen molar-refractivity contribution in [3.05, 3.63) is 29.6 Å². The molecule has 1 aliphatic rings. The van der Waals surface area contributed by atoms with Crippen LogP contribution < -0.4 is 5.32 Å². The van der Waals surface area contributed by atoms with Crippen molar-refractivity contribution < 1.29 is 19.5 Å². The second-order valence-corrected chi connectivity index (χ2v) is 4.65. The van der Waals surface area contributed by atoms with Gasteiger partial charge in [0.2, 0.25) is 5.91 Å². The van der Waals surface area contributed by atoms with Gasteiger partial charge in [-0.3, -0.25) is 19.4 Å². The molecule has 106 valence electrons. The van der Waals surface area contributed by atoms with Crippen molar-refractivity contribution in [3.63, 3.8) is 0 Å². The van der Waals surface area contributed by atoms with Crippen LogP contribution in [-0.2, 0) is 9.59 Å². The summed E-state index contributed by atoms with van der Waals surface area (Å²) in [4.78, 5) is 40.2. The summed E-state index contributed by atoms with van der Waals surface area (Å²) in [7, 11) is 0. The van der Waals surface area contributed by atoms with Gasteiger partial charge in [-0.1, -0.05) is 0 Å². The number of aromatic nitrogens is 1. The predicted octanol–water partition coefficient (Wildman–Crippen LogP) is -0.195. The summed E-state index contributed by atoms with van der Waals surface area (Å²) in [6.07, 6.45) is 2.63. The van der Waals surface area contributed by atoms with Crippen LogP contribution in [0, 0.1) is 6.92 Å². The summed E-state index contributed by atoms with van der Waals surface area (Å²) in [5.41, 5.74) is 1.18. The van der Waals surface area contributed by atoms with Gasteiger partial charge in [0.15, 0.2) is 0 Å². The Kier molecular flexibility index (Phi) is 3.97. The molecule has 0 aromatic carbocycles. The monoisotopic (exact) mass is 277 g/mol. The Hall–Kier alpha value is -2.44. The molecule has 1 aromatic heterocycles. The van der Waals surface area contributed by atoms with Gasteiger partial charge in [0.1, 0.15) is 6.04 Å². The number of piperazine rings is 1. The molecule has 1 aliphatic heterocycles. The topological polar surface area (TPSA) is 99.6 Å². The van der Waals surface area contributed by atoms with E-state index in [9.17, 15) is 14.4 Å². The van der Waals surface area contributed by atoms with E-state index in [1.807, 2.05) is 0 Å². The van der Waals surface area contributed by atoms with Crippen LogP contribution in [-0.4, -0.2) is 51.9 Å². The van der Waals surface area contributed by atoms with Crippen molar-refractivity contribution >= 4 is 17.8 Å². The van der Waals surface area contributed by atoms with E-state index in [1.165, 1.54) is 11.1 Å². The molecule has 2 rings (SSSR count). The van der Waals surface area contributed by atoms with Gasteiger partial charge in [0, 0.05) is 25.5 Å². The molecule has 0 saturated carbocycles. The molecule has 2 amide bonds. The Labute approximate surface area is 115 Å². The first kappa shape index (κ1) is 14.0. The quantitative estimate of drug-likeness (QED) is 0.797. The molecule has 0 radical (unpaired) electrons. The van der Waals surface area contributed by atoms with E-state index in [2.05, 4.69) is 10.3 Å². The number of nitrogens with zero attached hydrogens (tertiary/aromatic N) is 2. The van der Waals surface area contributed by atoms with Crippen LogP contribution in [0.5, 0.6) is 0 Å². The van der Waals surface area contributed by atoms with E-state index in [-0.39, 0.29) is 12.5 Å². The number of aliphatic carboxylic acids is 1. The van der Waals surface area contributed by atoms with Gasteiger partial charge in [-0.25, -0.2) is 0 Å². The highest BCUT2D eigenvalue weighted by Crippen LogP contribution is 2.14. The maximum atomic E-state index is 12.4. The molecule has 2 N–H and O–H groups in total. The third kappa shape index (κ3) is 2.93. The zero-order chi connectivity index (χ0) is 14.7. The van der Waals surface area contributed by atoms with Crippen LogP contribution in [0.2, 0.25) is 0 Å². The van der Waals surface area contributed by atoms with Crippen LogP contribution in [0.3, 0.4) is 0 Å². The fraction of sp³-hybridized carbons (Fsp3) is 0.385. The molecule has 20 heavy (non-hydrogen) atoms. The number of rotatable bonds is 3. The molecule has 0 aliphatic carbocycles. The second-order valence-electron chi connectivity index (χ2n) is 4.65. The molecule has 1 atom stereocenters. The summed E-state index contributed by atoms with van der Waals surface area (Å²) in [5.74, 6) is -1.93. The molecular weight excluding hydrogens is 262 g/mol. The number of carbonyl (C=O) groups excluding carboxylic acids is 2. The lowest BCUT2D eigenvalue weighted by Gasteiger charge is -2.34. The minimum Gasteiger partial charge on any atom is -0.481 e. The van der Waals surface area contributed by atoms with E-state index in [1.54, 1.807) is 19.2 Å². The Morgan fingerprint density at radius 1 is 1.50 bits per heavy atom. The Morgan fingerprint density at radius 2 is 2.25 bits per heavy atom. The Morgan fingerprint density at radius 3 is 2.90 bits per heavy atom. The number of carbonyl (C=O) groups is 3. The fourth-order valence-corrected chi connectivity index (χ4v) is 2.16. The lowest BCUT2D eigenvalue weighted by Crippen LogP contribution is -2.57. The molecule has 0 spiro atoms. The Balaban J connectivity index is 2.25. The third-order valence-electron chi connectivity index (χ3n) is 3.08. The standard InChI is InChI=1S/C13H15N3O4/c1-8-4-9(7-14-6-8)13(20)16-3-2-15-12(19)10(16)5-11(17)18/h4,6-7,10H,2-3,5H2,1H3,(H,15,19)(H,17,18). The third-order valence-corrected chi connectivity index (χ3v) is 3.08. The van der Waals surface area contributed by atoms with Gasteiger partial charge in [0.25, 0.3) is 5.91 Å². The number of hydrogen-bond donors (Lipinski definition) is 2. The highest BCUT2D eigenvalue weighted by atomic mass is 16.4. The average molecular weight is 277 g/mol. The van der Waals surface area contributed by atoms with Crippen LogP contribution in [0.4, 0.5) is 0 Å². The van der Waals surface area contributed by atoms with Crippen LogP contribution in [0.25, 0.3) is 0 Å². The van der Waals surface area contributed by atoms with E-state index in [0.717, 1.165) is 5.56 Å². The molecule has 1 fully saturated rings. The maximum absolute atomic E-state index is 12.4. The van der Waals surface area contributed by atoms with E-state index < -0.39 is 24.3 Å². The van der Waals surface area contributed by atoms with Gasteiger partial charge in [-0.15, -0.1) is 0 Å². The summed E-state index contributed by atoms with van der Waals surface area (Å²) in [6, 6.07) is 0.689. The summed E-state index contributed by atoms with van der Waals surface area (Å²) >= 11 is 0. The van der Waals surface area contributed by atoms with E-state index >= 15 is 0 Å². The molecular formula is C13H15N3O4. The van der Waals surface area contributed by atoms with Gasteiger partial charge in [0.05, 0.1) is 12.0 Å². The SMILES string of the molecule is Cc1cncc(C(=O)N2CCNC(=O)C2CC(=O)O)c1. The number of aryl methyl sites for hydroxylation is 1. The minimum atomic E-state index is -1.12. The second kappa shape index (κ2) is 5.68. The smallest absolute Gasteiger partial charge is 0.305 e. The van der Waals surface area contributed by atoms with E-state index in [0.29, 0.717) is 12.1 Å². The summed E-state index contributed by atoms with van der Waals surface area (Å²) in [6.45, 7) is 2.41. The number of carboxylic acids is 1. The normalized spacial score (nSPS) is 18.6. The molecule has 0 bridgehead atoms. The van der Waals surface area contributed by atoms with Gasteiger partial charge in [-0.05, 0) is 18.6 Å². The average Bonchev–Trinajstić information content (AvgIpc) is 2.40. The first-order valence-corrected chi connectivity index (χ1v) is 6.21. The maximum Gasteiger partial charge on any atom is 0.305 e. The fourth-order valence-electron chi connectivity index (χ4n) is 2.16. The number of amides is 2. The van der Waals surface area contributed by atoms with Crippen LogP contribution in [0.1, 0.15) is 22.3 Å². The zero-order valence-corrected chi connectivity index (χ0v) is 11.0. The predicted molar refractivity (Wildman–Crippen MR) is 69.1 cm³/mol. The Bertz CT molecular complexity index is 558. The molecule has 2 heterocycles. The van der Waals surface area contributed by atoms with Crippen molar-refractivity contribution in [2.75, 3.05) is 13.1 Å².